The molecule has 1 aliphatic carbocycles. The molecule has 0 radical (unpaired) electrons. The summed E-state index contributed by atoms with van der Waals surface area (Å²) < 4.78 is 37.8. The monoisotopic (exact) mass is 413 g/mol. The number of hydrogen-bond donors (Lipinski definition) is 1. The SMILES string of the molecule is Cc1cc(C)c(SCC(F)(F)F)cc1/N=C(\NC1CC1)c1ccc(Cl)nc1. The largest absolute Gasteiger partial charge is 0.398 e. The first kappa shape index (κ1) is 20.0. The minimum Gasteiger partial charge on any atom is -0.367 e. The van der Waals surface area contributed by atoms with Crippen molar-refractivity contribution in [1.29, 1.82) is 0 Å². The summed E-state index contributed by atoms with van der Waals surface area (Å²) in [6, 6.07) is 7.47. The molecule has 0 bridgehead atoms. The van der Waals surface area contributed by atoms with Gasteiger partial charge in [0.05, 0.1) is 11.4 Å². The van der Waals surface area contributed by atoms with E-state index in [1.807, 2.05) is 26.0 Å². The van der Waals surface area contributed by atoms with E-state index in [2.05, 4.69) is 10.3 Å². The van der Waals surface area contributed by atoms with Gasteiger partial charge in [0.25, 0.3) is 0 Å². The average molecular weight is 414 g/mol. The van der Waals surface area contributed by atoms with E-state index in [1.54, 1.807) is 18.3 Å². The molecule has 1 aromatic carbocycles. The van der Waals surface area contributed by atoms with Crippen molar-refractivity contribution < 1.29 is 13.2 Å². The lowest BCUT2D eigenvalue weighted by atomic mass is 10.1. The maximum atomic E-state index is 12.6. The normalized spacial score (nSPS) is 15.1. The van der Waals surface area contributed by atoms with Gasteiger partial charge in [0.2, 0.25) is 0 Å². The zero-order valence-corrected chi connectivity index (χ0v) is 16.5. The number of thioether (sulfide) groups is 1. The van der Waals surface area contributed by atoms with Gasteiger partial charge in [-0.1, -0.05) is 17.7 Å². The topological polar surface area (TPSA) is 37.3 Å². The van der Waals surface area contributed by atoms with Crippen LogP contribution in [0.1, 0.15) is 29.5 Å². The van der Waals surface area contributed by atoms with Gasteiger partial charge in [-0.2, -0.15) is 13.2 Å². The number of aromatic nitrogens is 1. The number of halogens is 4. The molecular formula is C19H19ClF3N3S. The van der Waals surface area contributed by atoms with E-state index in [0.29, 0.717) is 27.6 Å². The van der Waals surface area contributed by atoms with Crippen LogP contribution in [0.5, 0.6) is 0 Å². The first-order valence-corrected chi connectivity index (χ1v) is 9.85. The van der Waals surface area contributed by atoms with Crippen molar-refractivity contribution in [1.82, 2.24) is 10.3 Å². The second kappa shape index (κ2) is 8.10. The van der Waals surface area contributed by atoms with E-state index in [4.69, 9.17) is 16.6 Å². The Bertz CT molecular complexity index is 847. The Kier molecular flexibility index (Phi) is 6.01. The Hall–Kier alpha value is -1.73. The summed E-state index contributed by atoms with van der Waals surface area (Å²) in [5, 5.41) is 3.76. The van der Waals surface area contributed by atoms with Crippen molar-refractivity contribution in [3.63, 3.8) is 0 Å². The molecule has 1 fully saturated rings. The molecule has 1 aromatic heterocycles. The number of pyridine rings is 1. The summed E-state index contributed by atoms with van der Waals surface area (Å²) >= 11 is 6.65. The van der Waals surface area contributed by atoms with Crippen LogP contribution in [0, 0.1) is 13.8 Å². The highest BCUT2D eigenvalue weighted by atomic mass is 35.5. The van der Waals surface area contributed by atoms with Crippen LogP contribution in [0.2, 0.25) is 5.15 Å². The zero-order chi connectivity index (χ0) is 19.6. The number of benzene rings is 1. The summed E-state index contributed by atoms with van der Waals surface area (Å²) in [7, 11) is 0. The van der Waals surface area contributed by atoms with Gasteiger partial charge >= 0.3 is 6.18 Å². The summed E-state index contributed by atoms with van der Waals surface area (Å²) in [6.45, 7) is 3.71. The van der Waals surface area contributed by atoms with Crippen LogP contribution in [0.3, 0.4) is 0 Å². The summed E-state index contributed by atoms with van der Waals surface area (Å²) in [5.74, 6) is -0.269. The highest BCUT2D eigenvalue weighted by Gasteiger charge is 2.28. The zero-order valence-electron chi connectivity index (χ0n) is 14.9. The van der Waals surface area contributed by atoms with Crippen molar-refractivity contribution in [2.45, 2.75) is 43.8 Å². The van der Waals surface area contributed by atoms with Crippen molar-refractivity contribution >= 4 is 34.9 Å². The molecule has 27 heavy (non-hydrogen) atoms. The second-order valence-corrected chi connectivity index (χ2v) is 7.96. The molecule has 8 heteroatoms. The number of amidine groups is 1. The fourth-order valence-corrected chi connectivity index (χ4v) is 3.41. The number of alkyl halides is 3. The van der Waals surface area contributed by atoms with Crippen LogP contribution < -0.4 is 5.32 Å². The number of rotatable bonds is 5. The Morgan fingerprint density at radius 2 is 2.00 bits per heavy atom. The third-order valence-corrected chi connectivity index (χ3v) is 5.48. The minimum absolute atomic E-state index is 0.365. The first-order valence-electron chi connectivity index (χ1n) is 8.49. The van der Waals surface area contributed by atoms with Crippen LogP contribution in [-0.4, -0.2) is 28.8 Å². The number of nitrogens with zero attached hydrogens (tertiary/aromatic N) is 2. The van der Waals surface area contributed by atoms with Crippen molar-refractivity contribution in [3.05, 3.63) is 52.3 Å². The molecule has 3 rings (SSSR count). The lowest BCUT2D eigenvalue weighted by Gasteiger charge is -2.13. The quantitative estimate of drug-likeness (QED) is 0.290. The molecule has 1 heterocycles. The Morgan fingerprint density at radius 1 is 1.26 bits per heavy atom. The van der Waals surface area contributed by atoms with Gasteiger partial charge in [-0.25, -0.2) is 9.98 Å². The number of hydrogen-bond acceptors (Lipinski definition) is 3. The summed E-state index contributed by atoms with van der Waals surface area (Å²) in [4.78, 5) is 9.39. The van der Waals surface area contributed by atoms with Crippen LogP contribution in [0.25, 0.3) is 0 Å². The molecule has 0 unspecified atom stereocenters. The fraction of sp³-hybridized carbons (Fsp3) is 0.368. The average Bonchev–Trinajstić information content (AvgIpc) is 3.39. The highest BCUT2D eigenvalue weighted by Crippen LogP contribution is 2.34. The van der Waals surface area contributed by atoms with E-state index in [9.17, 15) is 13.2 Å². The maximum Gasteiger partial charge on any atom is 0.398 e. The molecule has 2 aromatic rings. The van der Waals surface area contributed by atoms with E-state index in [1.165, 1.54) is 0 Å². The molecule has 0 aliphatic heterocycles. The Balaban J connectivity index is 1.94. The van der Waals surface area contributed by atoms with Crippen LogP contribution >= 0.6 is 23.4 Å². The smallest absolute Gasteiger partial charge is 0.367 e. The van der Waals surface area contributed by atoms with Gasteiger partial charge < -0.3 is 5.32 Å². The number of nitrogens with one attached hydrogen (secondary N) is 1. The van der Waals surface area contributed by atoms with E-state index < -0.39 is 11.9 Å². The molecule has 144 valence electrons. The number of aliphatic imine (C=N–C) groups is 1. The van der Waals surface area contributed by atoms with Crippen LogP contribution in [0.15, 0.2) is 40.4 Å². The van der Waals surface area contributed by atoms with Gasteiger partial charge in [0.1, 0.15) is 11.0 Å². The number of aryl methyl sites for hydroxylation is 2. The van der Waals surface area contributed by atoms with Gasteiger partial charge in [-0.05, 0) is 56.0 Å². The molecule has 3 nitrogen and oxygen atoms in total. The lowest BCUT2D eigenvalue weighted by molar-refractivity contribution is -0.105. The lowest BCUT2D eigenvalue weighted by Crippen LogP contribution is -2.26. The highest BCUT2D eigenvalue weighted by molar-refractivity contribution is 7.99. The molecule has 0 atom stereocenters. The molecule has 1 saturated carbocycles. The molecule has 0 amide bonds. The van der Waals surface area contributed by atoms with Crippen molar-refractivity contribution in [3.8, 4) is 0 Å². The third kappa shape index (κ3) is 5.87. The van der Waals surface area contributed by atoms with Gasteiger partial charge in [0, 0.05) is 22.7 Å². The Labute approximate surface area is 165 Å². The van der Waals surface area contributed by atoms with E-state index >= 15 is 0 Å². The third-order valence-electron chi connectivity index (χ3n) is 4.04. The predicted octanol–water partition coefficient (Wildman–Crippen LogP) is 5.84. The fourth-order valence-electron chi connectivity index (χ4n) is 2.49. The van der Waals surface area contributed by atoms with Gasteiger partial charge in [-0.3, -0.25) is 0 Å². The molecular weight excluding hydrogens is 395 g/mol. The predicted molar refractivity (Wildman–Crippen MR) is 104 cm³/mol. The molecule has 1 N–H and O–H groups in total. The van der Waals surface area contributed by atoms with Crippen LogP contribution in [-0.2, 0) is 0 Å². The van der Waals surface area contributed by atoms with Crippen molar-refractivity contribution in [2.75, 3.05) is 5.75 Å². The van der Waals surface area contributed by atoms with Crippen molar-refractivity contribution in [2.24, 2.45) is 4.99 Å². The maximum absolute atomic E-state index is 12.6. The van der Waals surface area contributed by atoms with Crippen LogP contribution in [0.4, 0.5) is 18.9 Å². The van der Waals surface area contributed by atoms with E-state index in [0.717, 1.165) is 41.3 Å². The van der Waals surface area contributed by atoms with Gasteiger partial charge in [-0.15, -0.1) is 11.8 Å². The second-order valence-electron chi connectivity index (χ2n) is 6.56. The summed E-state index contributed by atoms with van der Waals surface area (Å²) in [6.07, 6.45) is -0.433. The first-order chi connectivity index (χ1) is 12.7. The van der Waals surface area contributed by atoms with Gasteiger partial charge in [0.15, 0.2) is 0 Å². The molecule has 0 saturated heterocycles. The molecule has 0 spiro atoms. The standard InChI is InChI=1S/C19H19ClF3N3S/c1-11-7-12(2)16(27-10-19(21,22)23)8-15(11)26-18(25-14-4-5-14)13-3-6-17(20)24-9-13/h3,6-9,14H,4-5,10H2,1-2H3,(H,25,26). The minimum atomic E-state index is -4.21. The summed E-state index contributed by atoms with van der Waals surface area (Å²) in [5.41, 5.74) is 3.14. The van der Waals surface area contributed by atoms with E-state index in [-0.39, 0.29) is 0 Å². The Morgan fingerprint density at radius 3 is 2.59 bits per heavy atom. The molecule has 1 aliphatic rings.